The summed E-state index contributed by atoms with van der Waals surface area (Å²) in [5.74, 6) is -0.343. The summed E-state index contributed by atoms with van der Waals surface area (Å²) in [6, 6.07) is 11.3. The average molecular weight is 527 g/mol. The van der Waals surface area contributed by atoms with Crippen LogP contribution in [-0.2, 0) is 14.3 Å². The van der Waals surface area contributed by atoms with Crippen molar-refractivity contribution >= 4 is 41.0 Å². The van der Waals surface area contributed by atoms with E-state index in [4.69, 9.17) is 25.8 Å². The molecule has 1 aliphatic rings. The highest BCUT2D eigenvalue weighted by molar-refractivity contribution is 7.07. The molecule has 0 spiro atoms. The molecule has 0 radical (unpaired) electrons. The average Bonchev–Trinajstić information content (AvgIpc) is 3.14. The highest BCUT2D eigenvalue weighted by Gasteiger charge is 2.33. The number of benzene rings is 2. The van der Waals surface area contributed by atoms with Crippen molar-refractivity contribution in [2.24, 2.45) is 4.99 Å². The molecule has 186 valence electrons. The molecule has 1 unspecified atom stereocenters. The van der Waals surface area contributed by atoms with Gasteiger partial charge in [0.25, 0.3) is 5.56 Å². The fraction of sp³-hybridized carbons (Fsp3) is 0.231. The molecule has 0 amide bonds. The Balaban J connectivity index is 1.89. The van der Waals surface area contributed by atoms with Crippen LogP contribution >= 0.6 is 22.9 Å². The molecule has 0 bridgehead atoms. The molecule has 2 aromatic carbocycles. The van der Waals surface area contributed by atoms with E-state index in [9.17, 15) is 14.4 Å². The Bertz CT molecular complexity index is 1550. The molecular formula is C26H23ClN2O6S. The summed E-state index contributed by atoms with van der Waals surface area (Å²) in [7, 11) is 1.29. The number of carbonyl (C=O) groups is 2. The number of nitrogens with zero attached hydrogens (tertiary/aromatic N) is 2. The number of rotatable bonds is 6. The van der Waals surface area contributed by atoms with E-state index >= 15 is 0 Å². The number of carbonyl (C=O) groups excluding carboxylic acids is 2. The predicted molar refractivity (Wildman–Crippen MR) is 136 cm³/mol. The Morgan fingerprint density at radius 2 is 1.89 bits per heavy atom. The van der Waals surface area contributed by atoms with Crippen molar-refractivity contribution < 1.29 is 23.8 Å². The van der Waals surface area contributed by atoms with E-state index in [0.29, 0.717) is 49.3 Å². The van der Waals surface area contributed by atoms with Crippen LogP contribution in [0.25, 0.3) is 6.08 Å². The Kier molecular flexibility index (Phi) is 7.42. The third kappa shape index (κ3) is 4.98. The van der Waals surface area contributed by atoms with Crippen molar-refractivity contribution in [1.29, 1.82) is 0 Å². The molecule has 10 heteroatoms. The summed E-state index contributed by atoms with van der Waals surface area (Å²) in [5.41, 5.74) is 1.81. The fourth-order valence-electron chi connectivity index (χ4n) is 3.93. The second-order valence-corrected chi connectivity index (χ2v) is 9.30. The third-order valence-corrected chi connectivity index (χ3v) is 6.67. The van der Waals surface area contributed by atoms with Crippen molar-refractivity contribution in [3.05, 3.63) is 89.6 Å². The largest absolute Gasteiger partial charge is 0.490 e. The summed E-state index contributed by atoms with van der Waals surface area (Å²) in [5, 5.41) is 0.536. The second kappa shape index (κ2) is 10.5. The lowest BCUT2D eigenvalue weighted by Gasteiger charge is -2.24. The third-order valence-electron chi connectivity index (χ3n) is 5.43. The van der Waals surface area contributed by atoms with Gasteiger partial charge in [0.05, 0.1) is 35.6 Å². The predicted octanol–water partition coefficient (Wildman–Crippen LogP) is 3.39. The molecule has 8 nitrogen and oxygen atoms in total. The van der Waals surface area contributed by atoms with Crippen molar-refractivity contribution in [3.8, 4) is 11.5 Å². The summed E-state index contributed by atoms with van der Waals surface area (Å²) < 4.78 is 17.7. The minimum atomic E-state index is -0.724. The lowest BCUT2D eigenvalue weighted by molar-refractivity contribution is -0.136. The van der Waals surface area contributed by atoms with Crippen LogP contribution in [0.5, 0.6) is 11.5 Å². The number of allylic oxidation sites excluding steroid dienone is 1. The van der Waals surface area contributed by atoms with Crippen molar-refractivity contribution in [2.45, 2.75) is 26.8 Å². The van der Waals surface area contributed by atoms with Gasteiger partial charge >= 0.3 is 11.9 Å². The normalized spacial score (nSPS) is 15.2. The number of fused-ring (bicyclic) bond motifs is 1. The maximum Gasteiger partial charge on any atom is 0.338 e. The van der Waals surface area contributed by atoms with Crippen LogP contribution in [0.2, 0.25) is 5.02 Å². The van der Waals surface area contributed by atoms with Gasteiger partial charge < -0.3 is 14.2 Å². The molecule has 1 aliphatic heterocycles. The van der Waals surface area contributed by atoms with Crippen LogP contribution in [0.4, 0.5) is 0 Å². The molecule has 2 heterocycles. The summed E-state index contributed by atoms with van der Waals surface area (Å²) in [6.45, 7) is 5.22. The van der Waals surface area contributed by atoms with E-state index < -0.39 is 18.0 Å². The van der Waals surface area contributed by atoms with Gasteiger partial charge in [-0.15, -0.1) is 0 Å². The summed E-state index contributed by atoms with van der Waals surface area (Å²) >= 11 is 7.28. The summed E-state index contributed by atoms with van der Waals surface area (Å²) in [4.78, 5) is 42.8. The van der Waals surface area contributed by atoms with Crippen LogP contribution < -0.4 is 24.4 Å². The van der Waals surface area contributed by atoms with E-state index in [0.717, 1.165) is 0 Å². The minimum absolute atomic E-state index is 0.281. The lowest BCUT2D eigenvalue weighted by atomic mass is 9.96. The zero-order valence-electron chi connectivity index (χ0n) is 20.0. The Morgan fingerprint density at radius 1 is 1.17 bits per heavy atom. The minimum Gasteiger partial charge on any atom is -0.490 e. The first-order valence-corrected chi connectivity index (χ1v) is 12.2. The molecule has 0 saturated carbocycles. The van der Waals surface area contributed by atoms with Crippen molar-refractivity contribution in [3.63, 3.8) is 0 Å². The SMILES string of the molecule is CCOc1cc(C=c2sc3n(c2=O)C(c2ccc(Cl)cc2)C(C(=O)OC)=C(C)N=3)ccc1OC(C)=O. The number of hydrogen-bond donors (Lipinski definition) is 0. The van der Waals surface area contributed by atoms with Gasteiger partial charge in [-0.05, 0) is 55.3 Å². The lowest BCUT2D eigenvalue weighted by Crippen LogP contribution is -2.39. The molecule has 4 rings (SSSR count). The number of ether oxygens (including phenoxy) is 3. The van der Waals surface area contributed by atoms with Gasteiger partial charge in [0.1, 0.15) is 0 Å². The first-order chi connectivity index (χ1) is 17.2. The molecule has 36 heavy (non-hydrogen) atoms. The number of methoxy groups -OCH3 is 1. The standard InChI is InChI=1S/C26H23ClN2O6S/c1-5-34-20-12-16(6-11-19(20)35-15(3)30)13-21-24(31)29-23(17-7-9-18(27)10-8-17)22(25(32)33-4)14(2)28-26(29)36-21/h6-13,23H,5H2,1-4H3. The fourth-order valence-corrected chi connectivity index (χ4v) is 5.10. The molecule has 0 saturated heterocycles. The quantitative estimate of drug-likeness (QED) is 0.361. The number of esters is 2. The maximum absolute atomic E-state index is 13.6. The number of halogens is 1. The molecule has 0 aliphatic carbocycles. The Morgan fingerprint density at radius 3 is 2.53 bits per heavy atom. The summed E-state index contributed by atoms with van der Waals surface area (Å²) in [6.07, 6.45) is 1.71. The highest BCUT2D eigenvalue weighted by Crippen LogP contribution is 2.31. The number of hydrogen-bond acceptors (Lipinski definition) is 8. The van der Waals surface area contributed by atoms with Crippen LogP contribution in [0.15, 0.2) is 63.5 Å². The maximum atomic E-state index is 13.6. The number of thiazole rings is 1. The monoisotopic (exact) mass is 526 g/mol. The molecule has 0 fully saturated rings. The molecule has 3 aromatic rings. The highest BCUT2D eigenvalue weighted by atomic mass is 35.5. The van der Waals surface area contributed by atoms with Crippen molar-refractivity contribution in [1.82, 2.24) is 4.57 Å². The van der Waals surface area contributed by atoms with Crippen LogP contribution in [0.3, 0.4) is 0 Å². The topological polar surface area (TPSA) is 96.2 Å². The van der Waals surface area contributed by atoms with Crippen molar-refractivity contribution in [2.75, 3.05) is 13.7 Å². The van der Waals surface area contributed by atoms with Crippen LogP contribution in [-0.4, -0.2) is 30.2 Å². The second-order valence-electron chi connectivity index (χ2n) is 7.86. The van der Waals surface area contributed by atoms with Gasteiger partial charge in [-0.25, -0.2) is 9.79 Å². The van der Waals surface area contributed by atoms with E-state index in [1.54, 1.807) is 55.5 Å². The Labute approximate surface area is 215 Å². The van der Waals surface area contributed by atoms with Gasteiger partial charge in [-0.1, -0.05) is 41.1 Å². The zero-order chi connectivity index (χ0) is 26.0. The molecule has 1 aromatic heterocycles. The van der Waals surface area contributed by atoms with Gasteiger partial charge in [-0.2, -0.15) is 0 Å². The zero-order valence-corrected chi connectivity index (χ0v) is 21.6. The van der Waals surface area contributed by atoms with Gasteiger partial charge in [-0.3, -0.25) is 14.2 Å². The van der Waals surface area contributed by atoms with Gasteiger partial charge in [0.2, 0.25) is 0 Å². The van der Waals surface area contributed by atoms with Gasteiger partial charge in [0, 0.05) is 11.9 Å². The molecular weight excluding hydrogens is 504 g/mol. The van der Waals surface area contributed by atoms with Crippen LogP contribution in [0, 0.1) is 0 Å². The molecule has 1 atom stereocenters. The first-order valence-electron chi connectivity index (χ1n) is 11.0. The molecule has 0 N–H and O–H groups in total. The van der Waals surface area contributed by atoms with E-state index in [2.05, 4.69) is 4.99 Å². The smallest absolute Gasteiger partial charge is 0.338 e. The van der Waals surface area contributed by atoms with E-state index in [1.165, 1.54) is 29.9 Å². The van der Waals surface area contributed by atoms with E-state index in [-0.39, 0.29) is 11.1 Å². The van der Waals surface area contributed by atoms with E-state index in [1.807, 2.05) is 6.92 Å². The Hall–Kier alpha value is -3.69. The van der Waals surface area contributed by atoms with Crippen LogP contribution in [0.1, 0.15) is 37.9 Å². The van der Waals surface area contributed by atoms with Gasteiger partial charge in [0.15, 0.2) is 16.3 Å². The first kappa shape index (κ1) is 25.4. The number of aromatic nitrogens is 1.